The fraction of sp³-hybridized carbons (Fsp3) is 1.00. The molecule has 0 radical (unpaired) electrons. The Morgan fingerprint density at radius 2 is 0.789 bits per heavy atom. The zero-order chi connectivity index (χ0) is 14.7. The first-order chi connectivity index (χ1) is 8.91. The highest BCUT2D eigenvalue weighted by Crippen LogP contribution is 2.12. The summed E-state index contributed by atoms with van der Waals surface area (Å²) in [6.07, 6.45) is 3.87. The maximum absolute atomic E-state index is 3.53. The van der Waals surface area contributed by atoms with Gasteiger partial charge in [-0.3, -0.25) is 0 Å². The average molecular weight is 271 g/mol. The molecule has 0 atom stereocenters. The van der Waals surface area contributed by atoms with Crippen LogP contribution < -0.4 is 16.0 Å². The Bertz CT molecular complexity index is 157. The summed E-state index contributed by atoms with van der Waals surface area (Å²) in [5.41, 5.74) is 0. The molecule has 0 aliphatic rings. The van der Waals surface area contributed by atoms with Crippen LogP contribution in [0.15, 0.2) is 0 Å². The van der Waals surface area contributed by atoms with Crippen LogP contribution in [-0.4, -0.2) is 37.8 Å². The molecule has 3 heteroatoms. The summed E-state index contributed by atoms with van der Waals surface area (Å²) in [7, 11) is 0. The summed E-state index contributed by atoms with van der Waals surface area (Å²) < 4.78 is 0. The highest BCUT2D eigenvalue weighted by Gasteiger charge is 2.09. The van der Waals surface area contributed by atoms with Gasteiger partial charge in [0.05, 0.1) is 0 Å². The van der Waals surface area contributed by atoms with Crippen molar-refractivity contribution in [3.63, 3.8) is 0 Å². The molecule has 0 aromatic heterocycles. The largest absolute Gasteiger partial charge is 0.315 e. The zero-order valence-electron chi connectivity index (χ0n) is 14.1. The molecule has 0 fully saturated rings. The summed E-state index contributed by atoms with van der Waals surface area (Å²) in [4.78, 5) is 0. The lowest BCUT2D eigenvalue weighted by molar-refractivity contribution is 0.371. The van der Waals surface area contributed by atoms with E-state index in [2.05, 4.69) is 57.5 Å². The van der Waals surface area contributed by atoms with Gasteiger partial charge in [-0.05, 0) is 44.8 Å². The maximum atomic E-state index is 3.53. The van der Waals surface area contributed by atoms with Crippen molar-refractivity contribution in [2.24, 2.45) is 5.92 Å². The van der Waals surface area contributed by atoms with E-state index >= 15 is 0 Å². The summed E-state index contributed by atoms with van der Waals surface area (Å²) in [6.45, 7) is 16.7. The van der Waals surface area contributed by atoms with Gasteiger partial charge in [-0.15, -0.1) is 0 Å². The molecule has 19 heavy (non-hydrogen) atoms. The van der Waals surface area contributed by atoms with Crippen molar-refractivity contribution in [1.29, 1.82) is 0 Å². The van der Waals surface area contributed by atoms with E-state index in [0.717, 1.165) is 25.6 Å². The van der Waals surface area contributed by atoms with E-state index in [1.165, 1.54) is 19.3 Å². The van der Waals surface area contributed by atoms with Crippen molar-refractivity contribution in [3.8, 4) is 0 Å². The van der Waals surface area contributed by atoms with Crippen molar-refractivity contribution in [2.75, 3.05) is 19.6 Å². The van der Waals surface area contributed by atoms with Crippen molar-refractivity contribution in [3.05, 3.63) is 0 Å². The Morgan fingerprint density at radius 1 is 0.526 bits per heavy atom. The molecular formula is C16H37N3. The van der Waals surface area contributed by atoms with Crippen LogP contribution in [0.1, 0.15) is 60.8 Å². The monoisotopic (exact) mass is 271 g/mol. The molecular weight excluding hydrogens is 234 g/mol. The first-order valence-corrected chi connectivity index (χ1v) is 8.12. The van der Waals surface area contributed by atoms with Gasteiger partial charge in [-0.25, -0.2) is 0 Å². The summed E-state index contributed by atoms with van der Waals surface area (Å²) in [5, 5.41) is 10.6. The third-order valence-electron chi connectivity index (χ3n) is 3.32. The van der Waals surface area contributed by atoms with Gasteiger partial charge in [0, 0.05) is 18.1 Å². The van der Waals surface area contributed by atoms with Gasteiger partial charge < -0.3 is 16.0 Å². The van der Waals surface area contributed by atoms with E-state index in [-0.39, 0.29) is 0 Å². The van der Waals surface area contributed by atoms with Gasteiger partial charge in [0.1, 0.15) is 0 Å². The molecule has 0 aromatic rings. The molecule has 0 aromatic carbocycles. The number of nitrogens with one attached hydrogen (secondary N) is 3. The van der Waals surface area contributed by atoms with Gasteiger partial charge in [-0.2, -0.15) is 0 Å². The van der Waals surface area contributed by atoms with Gasteiger partial charge in [0.15, 0.2) is 0 Å². The van der Waals surface area contributed by atoms with Gasteiger partial charge in [0.25, 0.3) is 0 Å². The summed E-state index contributed by atoms with van der Waals surface area (Å²) in [5.74, 6) is 0.823. The van der Waals surface area contributed by atoms with Crippen LogP contribution in [0, 0.1) is 5.92 Å². The number of rotatable bonds is 12. The Hall–Kier alpha value is -0.120. The molecule has 0 unspecified atom stereocenters. The Morgan fingerprint density at radius 3 is 1.00 bits per heavy atom. The van der Waals surface area contributed by atoms with E-state index < -0.39 is 0 Å². The molecule has 0 bridgehead atoms. The molecule has 116 valence electrons. The minimum absolute atomic E-state index is 0.600. The maximum Gasteiger partial charge on any atom is 0.00103 e. The lowest BCUT2D eigenvalue weighted by Gasteiger charge is -2.20. The fourth-order valence-electron chi connectivity index (χ4n) is 2.16. The second kappa shape index (κ2) is 11.7. The first kappa shape index (κ1) is 18.9. The third-order valence-corrected chi connectivity index (χ3v) is 3.32. The number of hydrogen-bond acceptors (Lipinski definition) is 3. The van der Waals surface area contributed by atoms with Gasteiger partial charge in [0.2, 0.25) is 0 Å². The van der Waals surface area contributed by atoms with E-state index in [0.29, 0.717) is 18.1 Å². The lowest BCUT2D eigenvalue weighted by Crippen LogP contribution is -2.30. The molecule has 0 rings (SSSR count). The van der Waals surface area contributed by atoms with Crippen LogP contribution in [0.3, 0.4) is 0 Å². The molecule has 0 saturated carbocycles. The van der Waals surface area contributed by atoms with Crippen LogP contribution in [0.4, 0.5) is 0 Å². The van der Waals surface area contributed by atoms with Crippen molar-refractivity contribution in [1.82, 2.24) is 16.0 Å². The fourth-order valence-corrected chi connectivity index (χ4v) is 2.16. The SMILES string of the molecule is CC(C)NCCC(CCNC(C)C)CCNC(C)C. The van der Waals surface area contributed by atoms with Crippen LogP contribution in [0.5, 0.6) is 0 Å². The van der Waals surface area contributed by atoms with Crippen LogP contribution >= 0.6 is 0 Å². The average Bonchev–Trinajstić information content (AvgIpc) is 2.26. The summed E-state index contributed by atoms with van der Waals surface area (Å²) >= 11 is 0. The standard InChI is InChI=1S/C16H37N3/c1-13(2)17-10-7-16(8-11-18-14(3)4)9-12-19-15(5)6/h13-19H,7-12H2,1-6H3. The Balaban J connectivity index is 3.85. The molecule has 0 aliphatic heterocycles. The van der Waals surface area contributed by atoms with Gasteiger partial charge >= 0.3 is 0 Å². The van der Waals surface area contributed by atoms with E-state index in [1.807, 2.05) is 0 Å². The Kier molecular flexibility index (Phi) is 11.6. The second-order valence-corrected chi connectivity index (χ2v) is 6.56. The normalized spacial score (nSPS) is 12.3. The quantitative estimate of drug-likeness (QED) is 0.511. The molecule has 0 spiro atoms. The minimum Gasteiger partial charge on any atom is -0.315 e. The van der Waals surface area contributed by atoms with Crippen LogP contribution in [-0.2, 0) is 0 Å². The highest BCUT2D eigenvalue weighted by molar-refractivity contribution is 4.67. The van der Waals surface area contributed by atoms with E-state index in [9.17, 15) is 0 Å². The molecule has 0 amide bonds. The molecule has 0 saturated heterocycles. The van der Waals surface area contributed by atoms with Crippen LogP contribution in [0.2, 0.25) is 0 Å². The predicted octanol–water partition coefficient (Wildman–Crippen LogP) is 2.77. The van der Waals surface area contributed by atoms with Crippen molar-refractivity contribution < 1.29 is 0 Å². The van der Waals surface area contributed by atoms with Gasteiger partial charge in [-0.1, -0.05) is 41.5 Å². The zero-order valence-corrected chi connectivity index (χ0v) is 14.1. The highest BCUT2D eigenvalue weighted by atomic mass is 14.9. The predicted molar refractivity (Wildman–Crippen MR) is 86.8 cm³/mol. The molecule has 3 N–H and O–H groups in total. The first-order valence-electron chi connectivity index (χ1n) is 8.12. The van der Waals surface area contributed by atoms with E-state index in [1.54, 1.807) is 0 Å². The lowest BCUT2D eigenvalue weighted by atomic mass is 9.97. The Labute approximate surface area is 121 Å². The van der Waals surface area contributed by atoms with Crippen molar-refractivity contribution in [2.45, 2.75) is 78.9 Å². The van der Waals surface area contributed by atoms with E-state index in [4.69, 9.17) is 0 Å². The molecule has 0 heterocycles. The summed E-state index contributed by atoms with van der Waals surface area (Å²) in [6, 6.07) is 1.80. The smallest absolute Gasteiger partial charge is 0.00103 e. The van der Waals surface area contributed by atoms with Crippen molar-refractivity contribution >= 4 is 0 Å². The second-order valence-electron chi connectivity index (χ2n) is 6.56. The minimum atomic E-state index is 0.600. The third kappa shape index (κ3) is 14.1. The number of hydrogen-bond donors (Lipinski definition) is 3. The molecule has 3 nitrogen and oxygen atoms in total. The molecule has 0 aliphatic carbocycles. The van der Waals surface area contributed by atoms with Crippen LogP contribution in [0.25, 0.3) is 0 Å². The topological polar surface area (TPSA) is 36.1 Å².